The summed E-state index contributed by atoms with van der Waals surface area (Å²) >= 11 is 0. The van der Waals surface area contributed by atoms with Crippen LogP contribution in [0.4, 0.5) is 0 Å². The third-order valence-corrected chi connectivity index (χ3v) is 2.04. The highest BCUT2D eigenvalue weighted by Crippen LogP contribution is 2.26. The lowest BCUT2D eigenvalue weighted by Gasteiger charge is -2.11. The molecule has 1 heteroatoms. The maximum Gasteiger partial charge on any atom is 0.0546 e. The lowest BCUT2D eigenvalue weighted by molar-refractivity contribution is 0.131. The molecule has 0 bridgehead atoms. The molecule has 0 aromatic heterocycles. The van der Waals surface area contributed by atoms with Crippen LogP contribution < -0.4 is 0 Å². The van der Waals surface area contributed by atoms with E-state index in [2.05, 4.69) is 13.0 Å². The highest BCUT2D eigenvalue weighted by molar-refractivity contribution is 5.07. The minimum absolute atomic E-state index is 0.126. The van der Waals surface area contributed by atoms with Gasteiger partial charge < -0.3 is 5.11 Å². The van der Waals surface area contributed by atoms with Crippen LogP contribution in [0.25, 0.3) is 0 Å². The summed E-state index contributed by atoms with van der Waals surface area (Å²) in [5.41, 5.74) is 1.43. The van der Waals surface area contributed by atoms with E-state index in [1.165, 1.54) is 5.57 Å². The van der Waals surface area contributed by atoms with Gasteiger partial charge in [0.25, 0.3) is 0 Å². The van der Waals surface area contributed by atoms with E-state index in [0.717, 1.165) is 12.8 Å². The number of rotatable bonds is 1. The van der Waals surface area contributed by atoms with Gasteiger partial charge >= 0.3 is 0 Å². The number of hydrogen-bond donors (Lipinski definition) is 1. The van der Waals surface area contributed by atoms with E-state index in [9.17, 15) is 0 Å². The van der Waals surface area contributed by atoms with Crippen molar-refractivity contribution in [3.8, 4) is 0 Å². The number of hydrogen-bond acceptors (Lipinski definition) is 1. The molecule has 52 valence electrons. The minimum Gasteiger partial charge on any atom is -0.393 e. The minimum atomic E-state index is -0.126. The van der Waals surface area contributed by atoms with Crippen LogP contribution in [0.2, 0.25) is 0 Å². The van der Waals surface area contributed by atoms with Crippen LogP contribution in [0.1, 0.15) is 26.7 Å². The van der Waals surface area contributed by atoms with Crippen molar-refractivity contribution in [2.24, 2.45) is 5.92 Å². The summed E-state index contributed by atoms with van der Waals surface area (Å²) < 4.78 is 0. The zero-order chi connectivity index (χ0) is 6.85. The van der Waals surface area contributed by atoms with Gasteiger partial charge in [-0.05, 0) is 32.6 Å². The van der Waals surface area contributed by atoms with E-state index in [1.807, 2.05) is 6.92 Å². The van der Waals surface area contributed by atoms with Crippen LogP contribution in [0.15, 0.2) is 11.6 Å². The Hall–Kier alpha value is -0.300. The van der Waals surface area contributed by atoms with Gasteiger partial charge in [-0.25, -0.2) is 0 Å². The van der Waals surface area contributed by atoms with Crippen LogP contribution in [0.5, 0.6) is 0 Å². The predicted molar refractivity (Wildman–Crippen MR) is 38.2 cm³/mol. The van der Waals surface area contributed by atoms with Gasteiger partial charge in [0, 0.05) is 0 Å². The Labute approximate surface area is 56.4 Å². The molecule has 2 atom stereocenters. The molecule has 0 heterocycles. The zero-order valence-corrected chi connectivity index (χ0v) is 6.09. The second kappa shape index (κ2) is 2.53. The zero-order valence-electron chi connectivity index (χ0n) is 6.09. The van der Waals surface area contributed by atoms with Gasteiger partial charge in [0.2, 0.25) is 0 Å². The molecule has 0 aromatic carbocycles. The Kier molecular flexibility index (Phi) is 1.91. The fraction of sp³-hybridized carbons (Fsp3) is 0.750. The number of allylic oxidation sites excluding steroid dienone is 2. The fourth-order valence-electron chi connectivity index (χ4n) is 1.30. The van der Waals surface area contributed by atoms with Gasteiger partial charge in [-0.1, -0.05) is 11.6 Å². The number of aliphatic hydroxyl groups is 1. The first-order chi connectivity index (χ1) is 4.20. The van der Waals surface area contributed by atoms with E-state index in [-0.39, 0.29) is 6.10 Å². The fourth-order valence-corrected chi connectivity index (χ4v) is 1.30. The molecule has 0 amide bonds. The molecule has 1 rings (SSSR count). The van der Waals surface area contributed by atoms with Crippen molar-refractivity contribution in [2.45, 2.75) is 32.8 Å². The lowest BCUT2D eigenvalue weighted by Crippen LogP contribution is -2.12. The van der Waals surface area contributed by atoms with Crippen LogP contribution >= 0.6 is 0 Å². The highest BCUT2D eigenvalue weighted by atomic mass is 16.3. The second-order valence-electron chi connectivity index (χ2n) is 2.99. The van der Waals surface area contributed by atoms with Gasteiger partial charge in [-0.2, -0.15) is 0 Å². The molecule has 0 aromatic rings. The molecule has 1 nitrogen and oxygen atoms in total. The van der Waals surface area contributed by atoms with E-state index < -0.39 is 0 Å². The molecule has 1 aliphatic carbocycles. The second-order valence-corrected chi connectivity index (χ2v) is 2.99. The Bertz CT molecular complexity index is 125. The molecule has 1 aliphatic rings. The third-order valence-electron chi connectivity index (χ3n) is 2.04. The smallest absolute Gasteiger partial charge is 0.0546 e. The maximum atomic E-state index is 9.14. The monoisotopic (exact) mass is 126 g/mol. The van der Waals surface area contributed by atoms with Gasteiger partial charge in [0.05, 0.1) is 6.10 Å². The average molecular weight is 126 g/mol. The highest BCUT2D eigenvalue weighted by Gasteiger charge is 2.18. The Morgan fingerprint density at radius 2 is 2.44 bits per heavy atom. The van der Waals surface area contributed by atoms with E-state index in [1.54, 1.807) is 0 Å². The molecular formula is C8H14O. The third kappa shape index (κ3) is 1.55. The summed E-state index contributed by atoms with van der Waals surface area (Å²) in [5, 5.41) is 9.14. The SMILES string of the molecule is CC1=CCC(C(C)O)C1. The van der Waals surface area contributed by atoms with E-state index in [0.29, 0.717) is 5.92 Å². The van der Waals surface area contributed by atoms with E-state index in [4.69, 9.17) is 5.11 Å². The number of aliphatic hydroxyl groups excluding tert-OH is 1. The summed E-state index contributed by atoms with van der Waals surface area (Å²) in [5.74, 6) is 0.505. The Morgan fingerprint density at radius 1 is 1.78 bits per heavy atom. The Balaban J connectivity index is 2.37. The van der Waals surface area contributed by atoms with Crippen molar-refractivity contribution in [1.29, 1.82) is 0 Å². The van der Waals surface area contributed by atoms with Gasteiger partial charge in [0.15, 0.2) is 0 Å². The summed E-state index contributed by atoms with van der Waals surface area (Å²) in [6.07, 6.45) is 4.26. The normalized spacial score (nSPS) is 30.1. The van der Waals surface area contributed by atoms with Crippen molar-refractivity contribution in [2.75, 3.05) is 0 Å². The topological polar surface area (TPSA) is 20.2 Å². The van der Waals surface area contributed by atoms with Crippen LogP contribution in [-0.2, 0) is 0 Å². The molecule has 0 aliphatic heterocycles. The van der Waals surface area contributed by atoms with Crippen LogP contribution in [0, 0.1) is 5.92 Å². The van der Waals surface area contributed by atoms with Crippen molar-refractivity contribution < 1.29 is 5.11 Å². The molecule has 0 saturated heterocycles. The molecule has 0 radical (unpaired) electrons. The van der Waals surface area contributed by atoms with E-state index >= 15 is 0 Å². The molecule has 1 N–H and O–H groups in total. The summed E-state index contributed by atoms with van der Waals surface area (Å²) in [4.78, 5) is 0. The summed E-state index contributed by atoms with van der Waals surface area (Å²) in [7, 11) is 0. The average Bonchev–Trinajstić information content (AvgIpc) is 2.14. The quantitative estimate of drug-likeness (QED) is 0.530. The maximum absolute atomic E-state index is 9.14. The Morgan fingerprint density at radius 3 is 2.67 bits per heavy atom. The standard InChI is InChI=1S/C8H14O/c1-6-3-4-8(5-6)7(2)9/h3,7-9H,4-5H2,1-2H3. The summed E-state index contributed by atoms with van der Waals surface area (Å²) in [6, 6.07) is 0. The molecular weight excluding hydrogens is 112 g/mol. The van der Waals surface area contributed by atoms with Crippen LogP contribution in [0.3, 0.4) is 0 Å². The first-order valence-electron chi connectivity index (χ1n) is 3.54. The van der Waals surface area contributed by atoms with Crippen molar-refractivity contribution in [3.05, 3.63) is 11.6 Å². The van der Waals surface area contributed by atoms with Crippen molar-refractivity contribution in [3.63, 3.8) is 0 Å². The molecule has 2 unspecified atom stereocenters. The molecule has 0 saturated carbocycles. The van der Waals surface area contributed by atoms with Crippen LogP contribution in [-0.4, -0.2) is 11.2 Å². The van der Waals surface area contributed by atoms with Gasteiger partial charge in [0.1, 0.15) is 0 Å². The predicted octanol–water partition coefficient (Wildman–Crippen LogP) is 1.72. The van der Waals surface area contributed by atoms with Crippen molar-refractivity contribution in [1.82, 2.24) is 0 Å². The molecule has 0 spiro atoms. The molecule has 0 fully saturated rings. The summed E-state index contributed by atoms with van der Waals surface area (Å²) in [6.45, 7) is 4.00. The van der Waals surface area contributed by atoms with Crippen molar-refractivity contribution >= 4 is 0 Å². The van der Waals surface area contributed by atoms with Gasteiger partial charge in [-0.3, -0.25) is 0 Å². The van der Waals surface area contributed by atoms with Gasteiger partial charge in [-0.15, -0.1) is 0 Å². The largest absolute Gasteiger partial charge is 0.393 e. The first kappa shape index (κ1) is 6.81. The first-order valence-corrected chi connectivity index (χ1v) is 3.54. The lowest BCUT2D eigenvalue weighted by atomic mass is 10.0. The molecule has 9 heavy (non-hydrogen) atoms.